The Kier molecular flexibility index (Phi) is 4.43. The topological polar surface area (TPSA) is 52.5 Å². The number of aliphatic hydroxyl groups is 1. The Hall–Kier alpha value is -1.06. The third-order valence-corrected chi connectivity index (χ3v) is 2.06. The Balaban J connectivity index is 2.51. The number of hydrogen-bond donors (Lipinski definition) is 3. The van der Waals surface area contributed by atoms with Crippen molar-refractivity contribution in [1.82, 2.24) is 5.32 Å². The number of para-hydroxylation sites is 1. The minimum absolute atomic E-state index is 0.151. The minimum Gasteiger partial charge on any atom is -0.508 e. The highest BCUT2D eigenvalue weighted by Crippen LogP contribution is 2.22. The fraction of sp³-hybridized carbons (Fsp3) is 0.455. The molecular weight excluding hydrogens is 178 g/mol. The average molecular weight is 195 g/mol. The molecule has 0 fully saturated rings. The standard InChI is InChI=1S/C11H17NO2/c1-2-7-12-8-11(14)9-5-3-4-6-10(9)13/h3-6,11-14H,2,7-8H2,1H3. The molecule has 0 aliphatic heterocycles. The van der Waals surface area contributed by atoms with Gasteiger partial charge in [0.25, 0.3) is 0 Å². The molecule has 0 saturated heterocycles. The van der Waals surface area contributed by atoms with E-state index in [1.807, 2.05) is 0 Å². The van der Waals surface area contributed by atoms with Gasteiger partial charge in [-0.05, 0) is 19.0 Å². The molecule has 1 unspecified atom stereocenters. The predicted octanol–water partition coefficient (Wildman–Crippen LogP) is 1.43. The fourth-order valence-corrected chi connectivity index (χ4v) is 1.29. The summed E-state index contributed by atoms with van der Waals surface area (Å²) in [7, 11) is 0. The van der Waals surface area contributed by atoms with Crippen LogP contribution >= 0.6 is 0 Å². The summed E-state index contributed by atoms with van der Waals surface area (Å²) < 4.78 is 0. The van der Waals surface area contributed by atoms with Gasteiger partial charge in [0.2, 0.25) is 0 Å². The summed E-state index contributed by atoms with van der Waals surface area (Å²) in [6, 6.07) is 6.86. The lowest BCUT2D eigenvalue weighted by molar-refractivity contribution is 0.171. The molecular formula is C11H17NO2. The molecule has 14 heavy (non-hydrogen) atoms. The van der Waals surface area contributed by atoms with Crippen LogP contribution in [0.5, 0.6) is 5.75 Å². The first-order chi connectivity index (χ1) is 6.75. The van der Waals surface area contributed by atoms with Crippen LogP contribution in [-0.2, 0) is 0 Å². The third kappa shape index (κ3) is 3.01. The molecule has 0 radical (unpaired) electrons. The van der Waals surface area contributed by atoms with Gasteiger partial charge in [-0.25, -0.2) is 0 Å². The highest BCUT2D eigenvalue weighted by atomic mass is 16.3. The lowest BCUT2D eigenvalue weighted by atomic mass is 10.1. The van der Waals surface area contributed by atoms with Crippen molar-refractivity contribution in [3.63, 3.8) is 0 Å². The van der Waals surface area contributed by atoms with Crippen molar-refractivity contribution in [2.24, 2.45) is 0 Å². The van der Waals surface area contributed by atoms with Crippen LogP contribution in [-0.4, -0.2) is 23.3 Å². The SMILES string of the molecule is CCCNCC(O)c1ccccc1O. The lowest BCUT2D eigenvalue weighted by Gasteiger charge is -2.12. The Labute approximate surface area is 84.4 Å². The first-order valence-corrected chi connectivity index (χ1v) is 4.92. The van der Waals surface area contributed by atoms with Crippen molar-refractivity contribution in [3.05, 3.63) is 29.8 Å². The second-order valence-corrected chi connectivity index (χ2v) is 3.28. The molecule has 0 aliphatic carbocycles. The van der Waals surface area contributed by atoms with Crippen LogP contribution in [0.1, 0.15) is 25.0 Å². The minimum atomic E-state index is -0.636. The van der Waals surface area contributed by atoms with Crippen molar-refractivity contribution < 1.29 is 10.2 Å². The number of benzene rings is 1. The van der Waals surface area contributed by atoms with Crippen molar-refractivity contribution in [2.45, 2.75) is 19.4 Å². The van der Waals surface area contributed by atoms with Crippen LogP contribution in [0.3, 0.4) is 0 Å². The highest BCUT2D eigenvalue weighted by molar-refractivity contribution is 5.33. The van der Waals surface area contributed by atoms with Gasteiger partial charge < -0.3 is 15.5 Å². The molecule has 0 amide bonds. The van der Waals surface area contributed by atoms with Gasteiger partial charge in [-0.2, -0.15) is 0 Å². The zero-order valence-electron chi connectivity index (χ0n) is 8.40. The molecule has 3 nitrogen and oxygen atoms in total. The van der Waals surface area contributed by atoms with E-state index < -0.39 is 6.10 Å². The van der Waals surface area contributed by atoms with E-state index in [2.05, 4.69) is 12.2 Å². The lowest BCUT2D eigenvalue weighted by Crippen LogP contribution is -2.22. The molecule has 0 bridgehead atoms. The molecule has 1 aromatic rings. The maximum Gasteiger partial charge on any atom is 0.121 e. The van der Waals surface area contributed by atoms with Gasteiger partial charge in [-0.1, -0.05) is 25.1 Å². The van der Waals surface area contributed by atoms with Gasteiger partial charge >= 0.3 is 0 Å². The summed E-state index contributed by atoms with van der Waals surface area (Å²) >= 11 is 0. The number of rotatable bonds is 5. The molecule has 1 atom stereocenters. The fourth-order valence-electron chi connectivity index (χ4n) is 1.29. The zero-order chi connectivity index (χ0) is 10.4. The normalized spacial score (nSPS) is 12.7. The van der Waals surface area contributed by atoms with Crippen LogP contribution in [0, 0.1) is 0 Å². The van der Waals surface area contributed by atoms with E-state index in [1.165, 1.54) is 0 Å². The van der Waals surface area contributed by atoms with Gasteiger partial charge in [0.1, 0.15) is 5.75 Å². The first-order valence-electron chi connectivity index (χ1n) is 4.92. The smallest absolute Gasteiger partial charge is 0.121 e. The summed E-state index contributed by atoms with van der Waals surface area (Å²) in [5.74, 6) is 0.151. The Morgan fingerprint density at radius 3 is 2.71 bits per heavy atom. The number of aliphatic hydroxyl groups excluding tert-OH is 1. The highest BCUT2D eigenvalue weighted by Gasteiger charge is 2.10. The monoisotopic (exact) mass is 195 g/mol. The van der Waals surface area contributed by atoms with Gasteiger partial charge in [0.05, 0.1) is 6.10 Å². The maximum atomic E-state index is 9.71. The average Bonchev–Trinajstić information content (AvgIpc) is 2.18. The second kappa shape index (κ2) is 5.62. The molecule has 0 saturated carbocycles. The van der Waals surface area contributed by atoms with Crippen LogP contribution in [0.15, 0.2) is 24.3 Å². The van der Waals surface area contributed by atoms with Crippen molar-refractivity contribution in [1.29, 1.82) is 0 Å². The largest absolute Gasteiger partial charge is 0.508 e. The summed E-state index contributed by atoms with van der Waals surface area (Å²) in [5.41, 5.74) is 0.580. The predicted molar refractivity (Wildman–Crippen MR) is 56.2 cm³/mol. The molecule has 0 heterocycles. The summed E-state index contributed by atoms with van der Waals surface area (Å²) in [6.07, 6.45) is 0.399. The number of phenols is 1. The molecule has 3 N–H and O–H groups in total. The van der Waals surface area contributed by atoms with E-state index in [4.69, 9.17) is 0 Å². The summed E-state index contributed by atoms with van der Waals surface area (Å²) in [5, 5.41) is 22.3. The molecule has 0 aliphatic rings. The van der Waals surface area contributed by atoms with E-state index in [0.29, 0.717) is 12.1 Å². The molecule has 0 aromatic heterocycles. The van der Waals surface area contributed by atoms with Crippen LogP contribution in [0.25, 0.3) is 0 Å². The maximum absolute atomic E-state index is 9.71. The number of nitrogens with one attached hydrogen (secondary N) is 1. The molecule has 1 aromatic carbocycles. The van der Waals surface area contributed by atoms with Crippen molar-refractivity contribution >= 4 is 0 Å². The van der Waals surface area contributed by atoms with E-state index >= 15 is 0 Å². The van der Waals surface area contributed by atoms with Gasteiger partial charge in [-0.3, -0.25) is 0 Å². The van der Waals surface area contributed by atoms with E-state index in [1.54, 1.807) is 24.3 Å². The van der Waals surface area contributed by atoms with Crippen LogP contribution < -0.4 is 5.32 Å². The van der Waals surface area contributed by atoms with Crippen molar-refractivity contribution in [2.75, 3.05) is 13.1 Å². The third-order valence-electron chi connectivity index (χ3n) is 2.06. The summed E-state index contributed by atoms with van der Waals surface area (Å²) in [4.78, 5) is 0. The second-order valence-electron chi connectivity index (χ2n) is 3.28. The summed E-state index contributed by atoms with van der Waals surface area (Å²) in [6.45, 7) is 3.43. The number of hydrogen-bond acceptors (Lipinski definition) is 3. The van der Waals surface area contributed by atoms with E-state index in [-0.39, 0.29) is 5.75 Å². The Morgan fingerprint density at radius 2 is 2.07 bits per heavy atom. The van der Waals surface area contributed by atoms with Crippen LogP contribution in [0.4, 0.5) is 0 Å². The van der Waals surface area contributed by atoms with E-state index in [0.717, 1.165) is 13.0 Å². The number of aromatic hydroxyl groups is 1. The van der Waals surface area contributed by atoms with E-state index in [9.17, 15) is 10.2 Å². The molecule has 78 valence electrons. The molecule has 3 heteroatoms. The zero-order valence-corrected chi connectivity index (χ0v) is 8.40. The Bertz CT molecular complexity index is 276. The van der Waals surface area contributed by atoms with Gasteiger partial charge in [0.15, 0.2) is 0 Å². The van der Waals surface area contributed by atoms with Crippen molar-refractivity contribution in [3.8, 4) is 5.75 Å². The van der Waals surface area contributed by atoms with Gasteiger partial charge in [-0.15, -0.1) is 0 Å². The van der Waals surface area contributed by atoms with Gasteiger partial charge in [0, 0.05) is 12.1 Å². The number of phenolic OH excluding ortho intramolecular Hbond substituents is 1. The Morgan fingerprint density at radius 1 is 1.36 bits per heavy atom. The molecule has 1 rings (SSSR count). The van der Waals surface area contributed by atoms with Crippen LogP contribution in [0.2, 0.25) is 0 Å². The first kappa shape index (κ1) is 11.0. The quantitative estimate of drug-likeness (QED) is 0.623. The molecule has 0 spiro atoms.